The Kier molecular flexibility index (Phi) is 5.89. The van der Waals surface area contributed by atoms with Gasteiger partial charge in [-0.1, -0.05) is 12.1 Å². The van der Waals surface area contributed by atoms with Crippen molar-refractivity contribution in [2.24, 2.45) is 5.92 Å². The lowest BCUT2D eigenvalue weighted by Gasteiger charge is -2.17. The van der Waals surface area contributed by atoms with Gasteiger partial charge in [-0.3, -0.25) is 4.79 Å². The fourth-order valence-electron chi connectivity index (χ4n) is 2.29. The number of benzene rings is 1. The molecule has 1 aliphatic rings. The molecule has 0 aliphatic heterocycles. The number of nitrogens with zero attached hydrogens (tertiary/aromatic N) is 1. The zero-order valence-corrected chi connectivity index (χ0v) is 12.3. The average Bonchev–Trinajstić information content (AvgIpc) is 3.18. The summed E-state index contributed by atoms with van der Waals surface area (Å²) in [4.78, 5) is 13.7. The van der Waals surface area contributed by atoms with Crippen LogP contribution in [0.4, 0.5) is 8.78 Å². The van der Waals surface area contributed by atoms with Crippen molar-refractivity contribution >= 4 is 18.3 Å². The molecule has 1 aromatic carbocycles. The Morgan fingerprint density at radius 1 is 1.45 bits per heavy atom. The van der Waals surface area contributed by atoms with E-state index in [0.29, 0.717) is 25.1 Å². The SMILES string of the molecule is CNCCN(C)C(=O)C1CC1c1cccc(F)c1F.Cl. The molecular formula is C14H19ClF2N2O. The first kappa shape index (κ1) is 16.9. The van der Waals surface area contributed by atoms with Crippen molar-refractivity contribution in [1.29, 1.82) is 0 Å². The standard InChI is InChI=1S/C14H18F2N2O.ClH/c1-17-6-7-18(2)14(19)11-8-10(11)9-4-3-5-12(15)13(9)16;/h3-5,10-11,17H,6-8H2,1-2H3;1H. The molecule has 0 spiro atoms. The van der Waals surface area contributed by atoms with Gasteiger partial charge in [-0.15, -0.1) is 12.4 Å². The van der Waals surface area contributed by atoms with E-state index in [1.165, 1.54) is 6.07 Å². The highest BCUT2D eigenvalue weighted by atomic mass is 35.5. The minimum atomic E-state index is -0.848. The fourth-order valence-corrected chi connectivity index (χ4v) is 2.29. The number of rotatable bonds is 5. The first-order chi connectivity index (χ1) is 9.06. The van der Waals surface area contributed by atoms with Gasteiger partial charge in [-0.25, -0.2) is 8.78 Å². The summed E-state index contributed by atoms with van der Waals surface area (Å²) >= 11 is 0. The summed E-state index contributed by atoms with van der Waals surface area (Å²) in [5.41, 5.74) is 0.320. The molecule has 112 valence electrons. The van der Waals surface area contributed by atoms with Crippen LogP contribution >= 0.6 is 12.4 Å². The Bertz CT molecular complexity index is 484. The number of hydrogen-bond acceptors (Lipinski definition) is 2. The number of halogens is 3. The lowest BCUT2D eigenvalue weighted by molar-refractivity contribution is -0.131. The van der Waals surface area contributed by atoms with E-state index >= 15 is 0 Å². The topological polar surface area (TPSA) is 32.3 Å². The predicted molar refractivity (Wildman–Crippen MR) is 76.0 cm³/mol. The second kappa shape index (κ2) is 6.99. The molecule has 2 unspecified atom stereocenters. The van der Waals surface area contributed by atoms with Crippen LogP contribution in [0.25, 0.3) is 0 Å². The molecule has 3 nitrogen and oxygen atoms in total. The molecule has 1 aliphatic carbocycles. The molecule has 0 saturated heterocycles. The molecule has 1 amide bonds. The van der Waals surface area contributed by atoms with Crippen LogP contribution in [-0.4, -0.2) is 38.0 Å². The van der Waals surface area contributed by atoms with Gasteiger partial charge in [0.25, 0.3) is 0 Å². The molecule has 0 bridgehead atoms. The highest BCUT2D eigenvalue weighted by Crippen LogP contribution is 2.49. The quantitative estimate of drug-likeness (QED) is 0.904. The van der Waals surface area contributed by atoms with Gasteiger partial charge in [0.15, 0.2) is 11.6 Å². The molecule has 1 aromatic rings. The average molecular weight is 305 g/mol. The summed E-state index contributed by atoms with van der Waals surface area (Å²) in [5, 5.41) is 2.97. The minimum absolute atomic E-state index is 0. The summed E-state index contributed by atoms with van der Waals surface area (Å²) in [6.45, 7) is 1.33. The molecular weight excluding hydrogens is 286 g/mol. The lowest BCUT2D eigenvalue weighted by Crippen LogP contribution is -2.34. The monoisotopic (exact) mass is 304 g/mol. The van der Waals surface area contributed by atoms with Crippen LogP contribution in [0, 0.1) is 17.6 Å². The Labute approximate surface area is 123 Å². The zero-order valence-electron chi connectivity index (χ0n) is 11.5. The molecule has 2 rings (SSSR count). The van der Waals surface area contributed by atoms with Gasteiger partial charge in [0.1, 0.15) is 0 Å². The summed E-state index contributed by atoms with van der Waals surface area (Å²) in [5.74, 6) is -2.05. The highest BCUT2D eigenvalue weighted by molar-refractivity contribution is 5.85. The van der Waals surface area contributed by atoms with E-state index in [0.717, 1.165) is 6.07 Å². The molecule has 0 heterocycles. The van der Waals surface area contributed by atoms with Crippen molar-refractivity contribution in [3.05, 3.63) is 35.4 Å². The Morgan fingerprint density at radius 2 is 2.15 bits per heavy atom. The zero-order chi connectivity index (χ0) is 14.0. The van der Waals surface area contributed by atoms with Crippen LogP contribution in [0.3, 0.4) is 0 Å². The van der Waals surface area contributed by atoms with Gasteiger partial charge >= 0.3 is 0 Å². The third kappa shape index (κ3) is 3.46. The maximum Gasteiger partial charge on any atom is 0.226 e. The molecule has 1 N–H and O–H groups in total. The molecule has 1 fully saturated rings. The first-order valence-corrected chi connectivity index (χ1v) is 6.39. The predicted octanol–water partition coefficient (Wildman–Crippen LogP) is 2.17. The summed E-state index contributed by atoms with van der Waals surface area (Å²) in [7, 11) is 3.55. The van der Waals surface area contributed by atoms with Crippen molar-refractivity contribution in [2.75, 3.05) is 27.2 Å². The van der Waals surface area contributed by atoms with Gasteiger partial charge in [-0.05, 0) is 31.0 Å². The number of hydrogen-bond donors (Lipinski definition) is 1. The van der Waals surface area contributed by atoms with E-state index in [1.54, 1.807) is 18.0 Å². The van der Waals surface area contributed by atoms with Gasteiger partial charge in [0, 0.05) is 26.1 Å². The van der Waals surface area contributed by atoms with E-state index in [9.17, 15) is 13.6 Å². The fraction of sp³-hybridized carbons (Fsp3) is 0.500. The van der Waals surface area contributed by atoms with Crippen molar-refractivity contribution in [3.8, 4) is 0 Å². The lowest BCUT2D eigenvalue weighted by atomic mass is 10.1. The molecule has 0 radical (unpaired) electrons. The third-order valence-corrected chi connectivity index (χ3v) is 3.56. The molecule has 20 heavy (non-hydrogen) atoms. The van der Waals surface area contributed by atoms with E-state index in [4.69, 9.17) is 0 Å². The van der Waals surface area contributed by atoms with E-state index < -0.39 is 11.6 Å². The van der Waals surface area contributed by atoms with Crippen LogP contribution in [-0.2, 0) is 4.79 Å². The second-order valence-electron chi connectivity index (χ2n) is 4.96. The van der Waals surface area contributed by atoms with Gasteiger partial charge in [0.05, 0.1) is 0 Å². The van der Waals surface area contributed by atoms with E-state index in [2.05, 4.69) is 5.32 Å². The maximum absolute atomic E-state index is 13.6. The smallest absolute Gasteiger partial charge is 0.226 e. The van der Waals surface area contributed by atoms with Gasteiger partial charge in [-0.2, -0.15) is 0 Å². The van der Waals surface area contributed by atoms with Crippen LogP contribution in [0.2, 0.25) is 0 Å². The number of carbonyl (C=O) groups is 1. The second-order valence-corrected chi connectivity index (χ2v) is 4.96. The number of amides is 1. The third-order valence-electron chi connectivity index (χ3n) is 3.56. The van der Waals surface area contributed by atoms with Crippen LogP contribution in [0.5, 0.6) is 0 Å². The van der Waals surface area contributed by atoms with E-state index in [1.807, 2.05) is 7.05 Å². The molecule has 0 aromatic heterocycles. The molecule has 1 saturated carbocycles. The minimum Gasteiger partial charge on any atom is -0.344 e. The first-order valence-electron chi connectivity index (χ1n) is 6.39. The van der Waals surface area contributed by atoms with Gasteiger partial charge < -0.3 is 10.2 Å². The Hall–Kier alpha value is -1.20. The molecule has 6 heteroatoms. The largest absolute Gasteiger partial charge is 0.344 e. The highest BCUT2D eigenvalue weighted by Gasteiger charge is 2.46. The Morgan fingerprint density at radius 3 is 2.80 bits per heavy atom. The summed E-state index contributed by atoms with van der Waals surface area (Å²) in [6.07, 6.45) is 0.600. The van der Waals surface area contributed by atoms with Crippen LogP contribution in [0.15, 0.2) is 18.2 Å². The van der Waals surface area contributed by atoms with Crippen molar-refractivity contribution in [3.63, 3.8) is 0 Å². The maximum atomic E-state index is 13.6. The summed E-state index contributed by atoms with van der Waals surface area (Å²) < 4.78 is 26.8. The van der Waals surface area contributed by atoms with E-state index in [-0.39, 0.29) is 30.2 Å². The number of carbonyl (C=O) groups excluding carboxylic acids is 1. The van der Waals surface area contributed by atoms with Crippen molar-refractivity contribution < 1.29 is 13.6 Å². The van der Waals surface area contributed by atoms with Crippen molar-refractivity contribution in [1.82, 2.24) is 10.2 Å². The number of likely N-dealkylation sites (N-methyl/N-ethyl adjacent to an activating group) is 2. The summed E-state index contributed by atoms with van der Waals surface area (Å²) in [6, 6.07) is 4.14. The van der Waals surface area contributed by atoms with Crippen molar-refractivity contribution in [2.45, 2.75) is 12.3 Å². The normalized spacial score (nSPS) is 20.2. The Balaban J connectivity index is 0.00000200. The van der Waals surface area contributed by atoms with Gasteiger partial charge in [0.2, 0.25) is 5.91 Å². The number of nitrogens with one attached hydrogen (secondary N) is 1. The van der Waals surface area contributed by atoms with Crippen LogP contribution < -0.4 is 5.32 Å². The molecule has 2 atom stereocenters. The van der Waals surface area contributed by atoms with Crippen LogP contribution in [0.1, 0.15) is 17.9 Å².